The summed E-state index contributed by atoms with van der Waals surface area (Å²) in [5.41, 5.74) is 19.0. The Balaban J connectivity index is 0.712. The van der Waals surface area contributed by atoms with Crippen LogP contribution in [0.5, 0.6) is 0 Å². The van der Waals surface area contributed by atoms with Crippen molar-refractivity contribution in [3.8, 4) is 50.2 Å². The van der Waals surface area contributed by atoms with Gasteiger partial charge in [0.05, 0.1) is 5.39 Å². The number of para-hydroxylation sites is 3. The number of furan rings is 4. The first-order valence-electron chi connectivity index (χ1n) is 29.9. The predicted octanol–water partition coefficient (Wildman–Crippen LogP) is 21.4. The first-order chi connectivity index (χ1) is 44.6. The number of benzene rings is 10. The molecule has 8 heterocycles. The average molecular weight is 1160 g/mol. The highest BCUT2D eigenvalue weighted by Crippen LogP contribution is 2.45. The van der Waals surface area contributed by atoms with E-state index in [0.717, 1.165) is 144 Å². The molecule has 0 radical (unpaired) electrons. The molecular formula is C80H49N6O4+. The molecule has 0 N–H and O–H groups in total. The molecule has 8 aromatic heterocycles. The van der Waals surface area contributed by atoms with E-state index in [-0.39, 0.29) is 0 Å². The Hall–Kier alpha value is -12.4. The SMILES string of the molecule is c1ccc(-c2ccc(-c3ccccc3N(c3ccc4c(n3)oc3ccccc34)c3ccc4c5ccccc5oc4[n+]3-c3ccc(-c4ccc(-c5ccc(N(c6ccc7c(c6)oc6ncccc67)c6ccc7c(c6)oc6ncccc67)cc5)cc4)cc3)cc2)cc1. The van der Waals surface area contributed by atoms with Crippen LogP contribution in [0.1, 0.15) is 0 Å². The van der Waals surface area contributed by atoms with Crippen molar-refractivity contribution in [3.63, 3.8) is 0 Å². The summed E-state index contributed by atoms with van der Waals surface area (Å²) in [7, 11) is 0. The maximum atomic E-state index is 6.95. The fourth-order valence-electron chi connectivity index (χ4n) is 13.0. The standard InChI is InChI=1S/C80H49N6O4/c1-2-12-50(13-3-1)51-26-28-56(29-27-51)61-14-4-7-19-70(61)86(75-44-42-68-62-15-5-8-20-71(62)87-79(68)83-75)76-45-43-69-63-16-6-9-21-72(63)90-80(69)85(76)58-36-32-55(33-37-58)53-24-22-52(23-25-53)54-30-34-57(35-31-54)84(59-38-40-64-66-17-10-46-81-77(66)88-73(64)48-59)60-39-41-65-67-18-11-47-82-78(67)89-74(65)49-60/h1-49H/q+1. The highest BCUT2D eigenvalue weighted by atomic mass is 16.4. The van der Waals surface area contributed by atoms with Crippen LogP contribution in [0, 0.1) is 0 Å². The Morgan fingerprint density at radius 3 is 1.37 bits per heavy atom. The summed E-state index contributed by atoms with van der Waals surface area (Å²) < 4.78 is 28.3. The van der Waals surface area contributed by atoms with E-state index in [9.17, 15) is 0 Å². The van der Waals surface area contributed by atoms with E-state index in [1.165, 1.54) is 0 Å². The molecular weight excluding hydrogens is 1110 g/mol. The quantitative estimate of drug-likeness (QED) is 0.117. The minimum atomic E-state index is 0.553. The topological polar surface area (TPSA) is 102 Å². The third kappa shape index (κ3) is 8.49. The van der Waals surface area contributed by atoms with Crippen LogP contribution in [0.2, 0.25) is 0 Å². The highest BCUT2D eigenvalue weighted by molar-refractivity contribution is 6.08. The summed E-state index contributed by atoms with van der Waals surface area (Å²) in [5.74, 6) is 1.50. The van der Waals surface area contributed by atoms with Crippen molar-refractivity contribution < 1.29 is 22.2 Å². The number of anilines is 6. The summed E-state index contributed by atoms with van der Waals surface area (Å²) in [4.78, 5) is 18.8. The van der Waals surface area contributed by atoms with Crippen LogP contribution in [-0.2, 0) is 0 Å². The van der Waals surface area contributed by atoms with Crippen LogP contribution in [0.15, 0.2) is 315 Å². The van der Waals surface area contributed by atoms with Gasteiger partial charge in [0.25, 0.3) is 5.82 Å². The molecule has 18 rings (SSSR count). The summed E-state index contributed by atoms with van der Waals surface area (Å²) in [6, 6.07) is 99.5. The molecule has 0 unspecified atom stereocenters. The first-order valence-corrected chi connectivity index (χ1v) is 29.9. The normalized spacial score (nSPS) is 11.8. The lowest BCUT2D eigenvalue weighted by Gasteiger charge is -2.25. The Kier molecular flexibility index (Phi) is 11.7. The van der Waals surface area contributed by atoms with E-state index in [4.69, 9.17) is 22.7 Å². The number of fused-ring (bicyclic) bond motifs is 12. The van der Waals surface area contributed by atoms with Crippen molar-refractivity contribution >= 4 is 123 Å². The highest BCUT2D eigenvalue weighted by Gasteiger charge is 2.33. The Morgan fingerprint density at radius 2 is 0.733 bits per heavy atom. The molecule has 0 amide bonds. The van der Waals surface area contributed by atoms with Crippen LogP contribution in [-0.4, -0.2) is 15.0 Å². The Labute approximate surface area is 514 Å². The second-order valence-corrected chi connectivity index (χ2v) is 22.5. The van der Waals surface area contributed by atoms with Crippen LogP contribution >= 0.6 is 0 Å². The van der Waals surface area contributed by atoms with Crippen molar-refractivity contribution in [1.29, 1.82) is 0 Å². The molecule has 0 aliphatic carbocycles. The van der Waals surface area contributed by atoms with Gasteiger partial charge in [0.1, 0.15) is 33.7 Å². The molecule has 0 saturated heterocycles. The van der Waals surface area contributed by atoms with Gasteiger partial charge in [-0.2, -0.15) is 14.5 Å². The van der Waals surface area contributed by atoms with Gasteiger partial charge in [-0.15, -0.1) is 0 Å². The van der Waals surface area contributed by atoms with Gasteiger partial charge < -0.3 is 22.6 Å². The average Bonchev–Trinajstić information content (AvgIpc) is 1.88. The number of hydrogen-bond donors (Lipinski definition) is 0. The van der Waals surface area contributed by atoms with E-state index in [1.807, 2.05) is 60.7 Å². The lowest BCUT2D eigenvalue weighted by Crippen LogP contribution is -2.38. The smallest absolute Gasteiger partial charge is 0.303 e. The van der Waals surface area contributed by atoms with Gasteiger partial charge in [-0.05, 0) is 142 Å². The lowest BCUT2D eigenvalue weighted by molar-refractivity contribution is -0.560. The van der Waals surface area contributed by atoms with E-state index in [2.05, 4.69) is 249 Å². The molecule has 18 aromatic rings. The van der Waals surface area contributed by atoms with Gasteiger partial charge in [-0.25, -0.2) is 9.97 Å². The third-order valence-corrected chi connectivity index (χ3v) is 17.4. The molecule has 10 heteroatoms. The number of aromatic nitrogens is 4. The van der Waals surface area contributed by atoms with Gasteiger partial charge in [-0.3, -0.25) is 0 Å². The van der Waals surface area contributed by atoms with Crippen LogP contribution in [0.3, 0.4) is 0 Å². The fourth-order valence-corrected chi connectivity index (χ4v) is 13.0. The molecule has 10 aromatic carbocycles. The molecule has 0 atom stereocenters. The third-order valence-electron chi connectivity index (χ3n) is 17.4. The number of rotatable bonds is 11. The summed E-state index contributed by atoms with van der Waals surface area (Å²) >= 11 is 0. The summed E-state index contributed by atoms with van der Waals surface area (Å²) in [6.07, 6.45) is 3.52. The van der Waals surface area contributed by atoms with E-state index < -0.39 is 0 Å². The molecule has 0 bridgehead atoms. The predicted molar refractivity (Wildman–Crippen MR) is 362 cm³/mol. The van der Waals surface area contributed by atoms with Gasteiger partial charge >= 0.3 is 5.71 Å². The number of hydrogen-bond acceptors (Lipinski definition) is 9. The second kappa shape index (κ2) is 20.7. The van der Waals surface area contributed by atoms with Crippen molar-refractivity contribution in [2.45, 2.75) is 0 Å². The van der Waals surface area contributed by atoms with Gasteiger partial charge in [0.15, 0.2) is 0 Å². The molecule has 10 nitrogen and oxygen atoms in total. The maximum absolute atomic E-state index is 6.95. The maximum Gasteiger partial charge on any atom is 0.303 e. The zero-order chi connectivity index (χ0) is 59.2. The summed E-state index contributed by atoms with van der Waals surface area (Å²) in [5, 5.41) is 7.97. The monoisotopic (exact) mass is 1160 g/mol. The largest absolute Gasteiger partial charge is 0.438 e. The Morgan fingerprint density at radius 1 is 0.289 bits per heavy atom. The first kappa shape index (κ1) is 50.9. The van der Waals surface area contributed by atoms with Crippen molar-refractivity contribution in [1.82, 2.24) is 15.0 Å². The zero-order valence-electron chi connectivity index (χ0n) is 48.1. The fraction of sp³-hybridized carbons (Fsp3) is 0. The molecule has 0 saturated carbocycles. The second-order valence-electron chi connectivity index (χ2n) is 22.5. The zero-order valence-corrected chi connectivity index (χ0v) is 48.1. The number of pyridine rings is 4. The van der Waals surface area contributed by atoms with Crippen molar-refractivity contribution in [2.24, 2.45) is 0 Å². The molecule has 0 aliphatic heterocycles. The van der Waals surface area contributed by atoms with E-state index in [0.29, 0.717) is 28.7 Å². The van der Waals surface area contributed by atoms with Crippen LogP contribution < -0.4 is 14.4 Å². The molecule has 90 heavy (non-hydrogen) atoms. The minimum absolute atomic E-state index is 0.553. The van der Waals surface area contributed by atoms with E-state index in [1.54, 1.807) is 12.4 Å². The Bertz CT molecular complexity index is 5680. The van der Waals surface area contributed by atoms with E-state index >= 15 is 0 Å². The van der Waals surface area contributed by atoms with Gasteiger partial charge in [0.2, 0.25) is 23.0 Å². The van der Waals surface area contributed by atoms with Crippen LogP contribution in [0.25, 0.3) is 138 Å². The lowest BCUT2D eigenvalue weighted by atomic mass is 9.98. The van der Waals surface area contributed by atoms with Crippen molar-refractivity contribution in [3.05, 3.63) is 298 Å². The molecule has 0 aliphatic rings. The molecule has 422 valence electrons. The van der Waals surface area contributed by atoms with Gasteiger partial charge in [0, 0.05) is 97.0 Å². The minimum Gasteiger partial charge on any atom is -0.438 e. The number of nitrogens with zero attached hydrogens (tertiary/aromatic N) is 6. The molecule has 0 spiro atoms. The molecule has 0 fully saturated rings. The summed E-state index contributed by atoms with van der Waals surface area (Å²) in [6.45, 7) is 0. The van der Waals surface area contributed by atoms with Crippen LogP contribution in [0.4, 0.5) is 34.4 Å². The van der Waals surface area contributed by atoms with Gasteiger partial charge in [-0.1, -0.05) is 158 Å². The van der Waals surface area contributed by atoms with Crippen molar-refractivity contribution in [2.75, 3.05) is 9.80 Å².